The summed E-state index contributed by atoms with van der Waals surface area (Å²) < 4.78 is 23.2. The molecule has 0 saturated carbocycles. The Morgan fingerprint density at radius 3 is 2.18 bits per heavy atom. The molecule has 0 bridgehead atoms. The summed E-state index contributed by atoms with van der Waals surface area (Å²) in [5.41, 5.74) is 7.01. The van der Waals surface area contributed by atoms with Crippen molar-refractivity contribution in [3.05, 3.63) is 122 Å². The summed E-state index contributed by atoms with van der Waals surface area (Å²) >= 11 is 0. The summed E-state index contributed by atoms with van der Waals surface area (Å²) in [4.78, 5) is 13.1. The van der Waals surface area contributed by atoms with Gasteiger partial charge in [0.15, 0.2) is 11.5 Å². The molecule has 1 aliphatic rings. The summed E-state index contributed by atoms with van der Waals surface area (Å²) in [6.07, 6.45) is 4.35. The van der Waals surface area contributed by atoms with Gasteiger partial charge in [-0.3, -0.25) is 4.57 Å². The maximum atomic E-state index is 7.41. The van der Waals surface area contributed by atoms with E-state index in [1.54, 1.807) is 6.33 Å². The van der Waals surface area contributed by atoms with Crippen LogP contribution in [0.15, 0.2) is 116 Å². The molecule has 3 heterocycles. The lowest BCUT2D eigenvalue weighted by Crippen LogP contribution is -2.60. The van der Waals surface area contributed by atoms with Gasteiger partial charge in [-0.2, -0.15) is 0 Å². The average Bonchev–Trinajstić information content (AvgIpc) is 3.64. The Morgan fingerprint density at radius 1 is 0.977 bits per heavy atom. The second kappa shape index (κ2) is 12.5. The van der Waals surface area contributed by atoms with Gasteiger partial charge in [0.25, 0.3) is 0 Å². The first kappa shape index (κ1) is 29.9. The number of benzene rings is 3. The summed E-state index contributed by atoms with van der Waals surface area (Å²) in [6.45, 7) is 11.4. The molecule has 0 aliphatic carbocycles. The standard InChI is InChI=1S/C35H39N5O3Si/c1-5-35(33(34(2,3)4)43-44(26-17-11-7-12-18-26)27-19-13-8-14-20-27)28(41-22-25-15-9-6-10-16-25)21-29(42-35)40-24-39-30-31(36)37-23-38-32(30)40/h5-20,23-24,28-29,33,44H,1,21-22H2,2-4H3,(H2,36,37,38). The van der Waals surface area contributed by atoms with Crippen molar-refractivity contribution in [2.24, 2.45) is 5.41 Å². The Hall–Kier alpha value is -4.15. The molecule has 1 aliphatic heterocycles. The Morgan fingerprint density at radius 2 is 1.59 bits per heavy atom. The second-order valence-electron chi connectivity index (χ2n) is 12.3. The van der Waals surface area contributed by atoms with E-state index in [1.807, 2.05) is 41.0 Å². The van der Waals surface area contributed by atoms with Crippen molar-refractivity contribution in [1.82, 2.24) is 19.5 Å². The summed E-state index contributed by atoms with van der Waals surface area (Å²) in [7, 11) is -2.20. The first-order valence-corrected chi connectivity index (χ1v) is 16.6. The van der Waals surface area contributed by atoms with Crippen LogP contribution in [0.5, 0.6) is 0 Å². The van der Waals surface area contributed by atoms with Gasteiger partial charge in [-0.05, 0) is 21.4 Å². The van der Waals surface area contributed by atoms with Crippen LogP contribution >= 0.6 is 0 Å². The lowest BCUT2D eigenvalue weighted by atomic mass is 9.76. The number of hydrogen-bond donors (Lipinski definition) is 1. The fourth-order valence-corrected chi connectivity index (χ4v) is 8.93. The van der Waals surface area contributed by atoms with Crippen LogP contribution in [0.3, 0.4) is 0 Å². The minimum absolute atomic E-state index is 0.328. The molecule has 0 spiro atoms. The molecule has 9 heteroatoms. The number of hydrogen-bond acceptors (Lipinski definition) is 7. The summed E-state index contributed by atoms with van der Waals surface area (Å²) in [5.74, 6) is 0.328. The van der Waals surface area contributed by atoms with Crippen LogP contribution in [0.2, 0.25) is 0 Å². The highest BCUT2D eigenvalue weighted by atomic mass is 28.3. The Bertz CT molecular complexity index is 1650. The Labute approximate surface area is 260 Å². The van der Waals surface area contributed by atoms with E-state index in [-0.39, 0.29) is 11.5 Å². The predicted octanol–water partition coefficient (Wildman–Crippen LogP) is 4.81. The van der Waals surface area contributed by atoms with Crippen molar-refractivity contribution in [3.63, 3.8) is 0 Å². The van der Waals surface area contributed by atoms with E-state index in [4.69, 9.17) is 19.6 Å². The monoisotopic (exact) mass is 605 g/mol. The molecule has 0 amide bonds. The Kier molecular flexibility index (Phi) is 8.46. The molecule has 1 saturated heterocycles. The number of nitrogen functional groups attached to an aromatic ring is 1. The van der Waals surface area contributed by atoms with Crippen molar-refractivity contribution in [3.8, 4) is 0 Å². The number of imidazole rings is 1. The van der Waals surface area contributed by atoms with Crippen LogP contribution in [0.1, 0.15) is 39.0 Å². The van der Waals surface area contributed by atoms with E-state index >= 15 is 0 Å². The third-order valence-electron chi connectivity index (χ3n) is 8.24. The molecular weight excluding hydrogens is 567 g/mol. The summed E-state index contributed by atoms with van der Waals surface area (Å²) in [6, 6.07) is 31.2. The van der Waals surface area contributed by atoms with Crippen molar-refractivity contribution in [1.29, 1.82) is 0 Å². The highest BCUT2D eigenvalue weighted by Crippen LogP contribution is 2.48. The molecule has 4 unspecified atom stereocenters. The highest BCUT2D eigenvalue weighted by Gasteiger charge is 2.57. The fourth-order valence-electron chi connectivity index (χ4n) is 6.19. The van der Waals surface area contributed by atoms with E-state index in [2.05, 4.69) is 103 Å². The highest BCUT2D eigenvalue weighted by molar-refractivity contribution is 6.80. The molecule has 6 rings (SSSR count). The number of nitrogens with two attached hydrogens (primary N) is 1. The molecular formula is C35H39N5O3Si. The van der Waals surface area contributed by atoms with Gasteiger partial charge >= 0.3 is 0 Å². The van der Waals surface area contributed by atoms with E-state index in [0.717, 1.165) is 5.56 Å². The van der Waals surface area contributed by atoms with Crippen molar-refractivity contribution in [2.75, 3.05) is 5.73 Å². The van der Waals surface area contributed by atoms with Gasteiger partial charge in [-0.25, -0.2) is 15.0 Å². The van der Waals surface area contributed by atoms with E-state index in [9.17, 15) is 0 Å². The normalized spacial score (nSPS) is 21.1. The van der Waals surface area contributed by atoms with Crippen LogP contribution in [-0.2, 0) is 20.5 Å². The second-order valence-corrected chi connectivity index (χ2v) is 14.7. The van der Waals surface area contributed by atoms with Crippen molar-refractivity contribution in [2.45, 2.75) is 57.8 Å². The maximum Gasteiger partial charge on any atom is 0.240 e. The molecule has 2 N–H and O–H groups in total. The molecule has 4 atom stereocenters. The molecule has 226 valence electrons. The predicted molar refractivity (Wildman–Crippen MR) is 176 cm³/mol. The largest absolute Gasteiger partial charge is 0.404 e. The van der Waals surface area contributed by atoms with Gasteiger partial charge in [0.1, 0.15) is 23.7 Å². The number of rotatable bonds is 10. The number of nitrogens with zero attached hydrogens (tertiary/aromatic N) is 4. The van der Waals surface area contributed by atoms with Gasteiger partial charge in [-0.1, -0.05) is 118 Å². The SMILES string of the molecule is C=CC1(C(O[SiH](c2ccccc2)c2ccccc2)C(C)(C)C)OC(n2cnc3c(N)ncnc32)CC1OCc1ccccc1. The molecule has 3 aromatic carbocycles. The quantitative estimate of drug-likeness (QED) is 0.180. The van der Waals surface area contributed by atoms with Gasteiger partial charge in [0.05, 0.1) is 25.1 Å². The number of fused-ring (bicyclic) bond motifs is 1. The molecule has 2 aromatic heterocycles. The van der Waals surface area contributed by atoms with Crippen LogP contribution in [0, 0.1) is 5.41 Å². The van der Waals surface area contributed by atoms with E-state index in [1.165, 1.54) is 16.7 Å². The minimum Gasteiger partial charge on any atom is -0.404 e. The first-order chi connectivity index (χ1) is 21.3. The van der Waals surface area contributed by atoms with Crippen LogP contribution in [-0.4, -0.2) is 46.4 Å². The zero-order valence-corrected chi connectivity index (χ0v) is 26.6. The smallest absolute Gasteiger partial charge is 0.240 e. The summed E-state index contributed by atoms with van der Waals surface area (Å²) in [5, 5.41) is 2.38. The van der Waals surface area contributed by atoms with Gasteiger partial charge in [0, 0.05) is 6.42 Å². The molecule has 5 aromatic rings. The van der Waals surface area contributed by atoms with Crippen LogP contribution < -0.4 is 16.1 Å². The Balaban J connectivity index is 1.44. The van der Waals surface area contributed by atoms with Crippen molar-refractivity contribution >= 4 is 36.4 Å². The van der Waals surface area contributed by atoms with Gasteiger partial charge in [-0.15, -0.1) is 6.58 Å². The molecule has 0 radical (unpaired) electrons. The van der Waals surface area contributed by atoms with Crippen LogP contribution in [0.25, 0.3) is 11.2 Å². The maximum absolute atomic E-state index is 7.41. The van der Waals surface area contributed by atoms with E-state index < -0.39 is 27.0 Å². The van der Waals surface area contributed by atoms with Crippen molar-refractivity contribution < 1.29 is 13.9 Å². The number of ether oxygens (including phenoxy) is 2. The minimum atomic E-state index is -2.20. The van der Waals surface area contributed by atoms with Crippen LogP contribution in [0.4, 0.5) is 5.82 Å². The lowest BCUT2D eigenvalue weighted by Gasteiger charge is -2.46. The molecule has 44 heavy (non-hydrogen) atoms. The molecule has 1 fully saturated rings. The topological polar surface area (TPSA) is 97.3 Å². The number of aromatic nitrogens is 4. The molecule has 8 nitrogen and oxygen atoms in total. The number of anilines is 1. The van der Waals surface area contributed by atoms with Gasteiger partial charge < -0.3 is 19.6 Å². The zero-order chi connectivity index (χ0) is 30.7. The average molecular weight is 606 g/mol. The third-order valence-corrected chi connectivity index (χ3v) is 10.8. The third kappa shape index (κ3) is 5.83. The fraction of sp³-hybridized carbons (Fsp3) is 0.286. The first-order valence-electron chi connectivity index (χ1n) is 15.0. The van der Waals surface area contributed by atoms with Gasteiger partial charge in [0.2, 0.25) is 9.04 Å². The zero-order valence-electron chi connectivity index (χ0n) is 25.4. The lowest BCUT2D eigenvalue weighted by molar-refractivity contribution is -0.165. The van der Waals surface area contributed by atoms with E-state index in [0.29, 0.717) is 30.0 Å².